The lowest BCUT2D eigenvalue weighted by atomic mass is 9.93. The molecular formula is C16H8ClF9N2O. The van der Waals surface area contributed by atoms with E-state index in [1.165, 1.54) is 0 Å². The van der Waals surface area contributed by atoms with Crippen molar-refractivity contribution in [3.63, 3.8) is 0 Å². The number of halogens is 10. The van der Waals surface area contributed by atoms with Gasteiger partial charge in [-0.15, -0.1) is 0 Å². The first-order valence-corrected chi connectivity index (χ1v) is 7.66. The van der Waals surface area contributed by atoms with Crippen LogP contribution in [0.5, 0.6) is 0 Å². The van der Waals surface area contributed by atoms with E-state index in [1.807, 2.05) is 0 Å². The maximum atomic E-state index is 14.2. The van der Waals surface area contributed by atoms with E-state index in [1.54, 1.807) is 5.32 Å². The second-order valence-electron chi connectivity index (χ2n) is 5.63. The number of benzene rings is 2. The molecule has 1 amide bonds. The molecule has 0 radical (unpaired) electrons. The van der Waals surface area contributed by atoms with E-state index in [9.17, 15) is 44.3 Å². The third-order valence-corrected chi connectivity index (χ3v) is 4.03. The van der Waals surface area contributed by atoms with Gasteiger partial charge in [0, 0.05) is 5.56 Å². The monoisotopic (exact) mass is 450 g/mol. The molecule has 0 unspecified atom stereocenters. The molecule has 2 rings (SSSR count). The summed E-state index contributed by atoms with van der Waals surface area (Å²) in [6.07, 6.45) is -13.0. The van der Waals surface area contributed by atoms with Crippen LogP contribution in [0.15, 0.2) is 30.3 Å². The number of carbonyl (C=O) groups is 1. The number of nitrogens with one attached hydrogen (secondary N) is 1. The Morgan fingerprint density at radius 3 is 2.00 bits per heavy atom. The van der Waals surface area contributed by atoms with Gasteiger partial charge in [-0.2, -0.15) is 26.3 Å². The highest BCUT2D eigenvalue weighted by molar-refractivity contribution is 6.34. The highest BCUT2D eigenvalue weighted by atomic mass is 35.5. The minimum atomic E-state index is -6.49. The fraction of sp³-hybridized carbons (Fsp3) is 0.188. The zero-order valence-corrected chi connectivity index (χ0v) is 14.4. The van der Waals surface area contributed by atoms with Crippen LogP contribution in [0.2, 0.25) is 5.02 Å². The molecular weight excluding hydrogens is 443 g/mol. The number of alkyl halides is 7. The summed E-state index contributed by atoms with van der Waals surface area (Å²) in [5, 5.41) is 0.506. The fourth-order valence-corrected chi connectivity index (χ4v) is 2.54. The molecule has 0 heterocycles. The van der Waals surface area contributed by atoms with Gasteiger partial charge >= 0.3 is 18.0 Å². The zero-order valence-electron chi connectivity index (χ0n) is 13.7. The molecule has 29 heavy (non-hydrogen) atoms. The Bertz CT molecular complexity index is 919. The van der Waals surface area contributed by atoms with Gasteiger partial charge < -0.3 is 11.1 Å². The van der Waals surface area contributed by atoms with Gasteiger partial charge in [0.05, 0.1) is 22.0 Å². The molecule has 0 aliphatic heterocycles. The number of nitrogen functional groups attached to an aromatic ring is 1. The number of nitrogens with two attached hydrogens (primary N) is 1. The molecule has 13 heteroatoms. The summed E-state index contributed by atoms with van der Waals surface area (Å²) < 4.78 is 119. The average molecular weight is 451 g/mol. The van der Waals surface area contributed by atoms with Gasteiger partial charge in [-0.1, -0.05) is 17.7 Å². The van der Waals surface area contributed by atoms with E-state index in [0.717, 1.165) is 18.2 Å². The summed E-state index contributed by atoms with van der Waals surface area (Å²) in [7, 11) is 0. The number of amides is 1. The molecule has 0 atom stereocenters. The van der Waals surface area contributed by atoms with Crippen LogP contribution in [0.4, 0.5) is 50.9 Å². The molecule has 0 spiro atoms. The van der Waals surface area contributed by atoms with Crippen LogP contribution >= 0.6 is 11.6 Å². The topological polar surface area (TPSA) is 55.1 Å². The van der Waals surface area contributed by atoms with Crippen molar-refractivity contribution in [1.29, 1.82) is 0 Å². The quantitative estimate of drug-likeness (QED) is 0.463. The maximum absolute atomic E-state index is 14.2. The molecule has 3 N–H and O–H groups in total. The molecule has 0 aliphatic carbocycles. The lowest BCUT2D eigenvalue weighted by Gasteiger charge is -2.30. The van der Waals surface area contributed by atoms with Crippen molar-refractivity contribution in [1.82, 2.24) is 0 Å². The van der Waals surface area contributed by atoms with E-state index < -0.39 is 69.2 Å². The Kier molecular flexibility index (Phi) is 5.72. The van der Waals surface area contributed by atoms with Gasteiger partial charge in [-0.3, -0.25) is 4.79 Å². The highest BCUT2D eigenvalue weighted by Gasteiger charge is 2.73. The Hall–Kier alpha value is -2.63. The van der Waals surface area contributed by atoms with Crippen molar-refractivity contribution in [3.8, 4) is 0 Å². The summed E-state index contributed by atoms with van der Waals surface area (Å²) in [4.78, 5) is 12.0. The van der Waals surface area contributed by atoms with E-state index >= 15 is 0 Å². The van der Waals surface area contributed by atoms with Gasteiger partial charge in [-0.25, -0.2) is 13.2 Å². The number of anilines is 2. The zero-order chi connectivity index (χ0) is 22.4. The Balaban J connectivity index is 2.52. The van der Waals surface area contributed by atoms with Crippen LogP contribution < -0.4 is 11.1 Å². The molecule has 2 aromatic carbocycles. The smallest absolute Gasteiger partial charge is 0.396 e. The third-order valence-electron chi connectivity index (χ3n) is 3.73. The molecule has 0 fully saturated rings. The molecule has 158 valence electrons. The highest BCUT2D eigenvalue weighted by Crippen LogP contribution is 2.54. The largest absolute Gasteiger partial charge is 0.435 e. The van der Waals surface area contributed by atoms with Crippen molar-refractivity contribution < 1.29 is 44.3 Å². The summed E-state index contributed by atoms with van der Waals surface area (Å²) in [5.74, 6) is -4.49. The molecule has 0 aromatic heterocycles. The van der Waals surface area contributed by atoms with E-state index in [4.69, 9.17) is 17.3 Å². The number of hydrogen-bond donors (Lipinski definition) is 2. The second-order valence-corrected chi connectivity index (χ2v) is 6.04. The first-order chi connectivity index (χ1) is 13.1. The molecule has 2 aromatic rings. The SMILES string of the molecule is Nc1cccc(C(=O)Nc2c(F)cc(C(F)(C(F)(F)F)C(F)(F)F)cc2Cl)c1F. The minimum absolute atomic E-state index is 0.142. The number of hydrogen-bond acceptors (Lipinski definition) is 2. The number of carbonyl (C=O) groups excluding carboxylic acids is 1. The maximum Gasteiger partial charge on any atom is 0.435 e. The van der Waals surface area contributed by atoms with Crippen LogP contribution in [0, 0.1) is 11.6 Å². The Morgan fingerprint density at radius 2 is 1.52 bits per heavy atom. The molecule has 0 saturated heterocycles. The predicted octanol–water partition coefficient (Wildman–Crippen LogP) is 5.74. The Morgan fingerprint density at radius 1 is 0.966 bits per heavy atom. The van der Waals surface area contributed by atoms with Crippen molar-refractivity contribution in [2.45, 2.75) is 18.0 Å². The van der Waals surface area contributed by atoms with E-state index in [0.29, 0.717) is 0 Å². The fourth-order valence-electron chi connectivity index (χ4n) is 2.29. The molecule has 0 aliphatic rings. The summed E-state index contributed by atoms with van der Waals surface area (Å²) in [6, 6.07) is 2.60. The second kappa shape index (κ2) is 7.32. The molecule has 0 saturated carbocycles. The number of rotatable bonds is 3. The normalized spacial score (nSPS) is 12.8. The van der Waals surface area contributed by atoms with Crippen LogP contribution in [-0.2, 0) is 5.67 Å². The van der Waals surface area contributed by atoms with Crippen LogP contribution in [0.1, 0.15) is 15.9 Å². The van der Waals surface area contributed by atoms with Crippen molar-refractivity contribution >= 4 is 28.9 Å². The van der Waals surface area contributed by atoms with Crippen molar-refractivity contribution in [3.05, 3.63) is 58.1 Å². The van der Waals surface area contributed by atoms with Crippen molar-refractivity contribution in [2.24, 2.45) is 0 Å². The first kappa shape index (κ1) is 22.7. The molecule has 0 bridgehead atoms. The lowest BCUT2D eigenvalue weighted by molar-refractivity contribution is -0.348. The summed E-state index contributed by atoms with van der Waals surface area (Å²) >= 11 is 5.47. The van der Waals surface area contributed by atoms with Crippen molar-refractivity contribution in [2.75, 3.05) is 11.1 Å². The summed E-state index contributed by atoms with van der Waals surface area (Å²) in [6.45, 7) is 0. The third kappa shape index (κ3) is 3.93. The average Bonchev–Trinajstić information content (AvgIpc) is 2.57. The van der Waals surface area contributed by atoms with E-state index in [-0.39, 0.29) is 6.07 Å². The Labute approximate surface area is 161 Å². The minimum Gasteiger partial charge on any atom is -0.396 e. The van der Waals surface area contributed by atoms with E-state index in [2.05, 4.69) is 0 Å². The first-order valence-electron chi connectivity index (χ1n) is 7.28. The lowest BCUT2D eigenvalue weighted by Crippen LogP contribution is -2.50. The van der Waals surface area contributed by atoms with Gasteiger partial charge in [0.2, 0.25) is 0 Å². The van der Waals surface area contributed by atoms with Gasteiger partial charge in [0.1, 0.15) is 5.82 Å². The van der Waals surface area contributed by atoms with Crippen LogP contribution in [0.25, 0.3) is 0 Å². The van der Waals surface area contributed by atoms with Crippen LogP contribution in [-0.4, -0.2) is 18.3 Å². The van der Waals surface area contributed by atoms with Gasteiger partial charge in [0.15, 0.2) is 5.82 Å². The predicted molar refractivity (Wildman–Crippen MR) is 85.1 cm³/mol. The van der Waals surface area contributed by atoms with Gasteiger partial charge in [0.25, 0.3) is 5.91 Å². The van der Waals surface area contributed by atoms with Gasteiger partial charge in [-0.05, 0) is 24.3 Å². The summed E-state index contributed by atoms with van der Waals surface area (Å²) in [5.41, 5.74) is -5.12. The van der Waals surface area contributed by atoms with Crippen LogP contribution in [0.3, 0.4) is 0 Å². The standard InChI is InChI=1S/C16H8ClF9N2O/c17-8-4-6(14(20,15(21,22)23)16(24,25)26)5-9(18)12(8)28-13(29)7-2-1-3-10(27)11(7)19/h1-5H,27H2,(H,28,29). The molecule has 3 nitrogen and oxygen atoms in total.